The lowest BCUT2D eigenvalue weighted by atomic mass is 10.1. The van der Waals surface area contributed by atoms with Crippen molar-refractivity contribution in [3.05, 3.63) is 75.7 Å². The number of hydrogen-bond acceptors (Lipinski definition) is 6. The van der Waals surface area contributed by atoms with Crippen LogP contribution in [0, 0.1) is 4.91 Å². The number of nitrogens with zero attached hydrogens (tertiary/aromatic N) is 4. The second-order valence-corrected chi connectivity index (χ2v) is 7.00. The van der Waals surface area contributed by atoms with Crippen molar-refractivity contribution >= 4 is 23.6 Å². The molecule has 2 aliphatic rings. The van der Waals surface area contributed by atoms with Gasteiger partial charge in [0.2, 0.25) is 0 Å². The maximum atomic E-state index is 12.4. The number of fused-ring (bicyclic) bond motifs is 2. The van der Waals surface area contributed by atoms with E-state index in [1.165, 1.54) is 5.01 Å². The second kappa shape index (κ2) is 7.86. The molecular weight excluding hydrogens is 388 g/mol. The molecule has 9 heteroatoms. The SMILES string of the molecule is O=NN(CCCN1C(=O)c2ccccc2C1=O)CCN1C(=O)c2ccccc2C1=O. The Labute approximate surface area is 171 Å². The molecule has 0 spiro atoms. The first kappa shape index (κ1) is 19.4. The first-order chi connectivity index (χ1) is 14.5. The zero-order chi connectivity index (χ0) is 21.3. The van der Waals surface area contributed by atoms with Gasteiger partial charge in [-0.2, -0.15) is 0 Å². The molecule has 0 unspecified atom stereocenters. The summed E-state index contributed by atoms with van der Waals surface area (Å²) in [5.41, 5.74) is 1.44. The van der Waals surface area contributed by atoms with Gasteiger partial charge in [-0.25, -0.2) is 0 Å². The van der Waals surface area contributed by atoms with Crippen molar-refractivity contribution in [2.45, 2.75) is 6.42 Å². The van der Waals surface area contributed by atoms with Gasteiger partial charge in [0.05, 0.1) is 34.1 Å². The van der Waals surface area contributed by atoms with Crippen LogP contribution < -0.4 is 0 Å². The highest BCUT2D eigenvalue weighted by Crippen LogP contribution is 2.23. The number of imide groups is 2. The van der Waals surface area contributed by atoms with E-state index < -0.39 is 11.8 Å². The molecule has 0 N–H and O–H groups in total. The lowest BCUT2D eigenvalue weighted by molar-refractivity contribution is 0.0610. The molecule has 30 heavy (non-hydrogen) atoms. The van der Waals surface area contributed by atoms with Crippen LogP contribution in [-0.4, -0.2) is 64.6 Å². The summed E-state index contributed by atoms with van der Waals surface area (Å²) in [4.78, 5) is 62.9. The van der Waals surface area contributed by atoms with Gasteiger partial charge < -0.3 is 0 Å². The summed E-state index contributed by atoms with van der Waals surface area (Å²) >= 11 is 0. The number of carbonyl (C=O) groups excluding carboxylic acids is 4. The van der Waals surface area contributed by atoms with Crippen molar-refractivity contribution in [1.82, 2.24) is 14.8 Å². The van der Waals surface area contributed by atoms with E-state index in [0.29, 0.717) is 28.7 Å². The third-order valence-corrected chi connectivity index (χ3v) is 5.25. The van der Waals surface area contributed by atoms with E-state index in [2.05, 4.69) is 5.29 Å². The van der Waals surface area contributed by atoms with Gasteiger partial charge in [-0.1, -0.05) is 24.3 Å². The molecule has 4 amide bonds. The number of hydrogen-bond donors (Lipinski definition) is 0. The van der Waals surface area contributed by atoms with Crippen LogP contribution in [0.1, 0.15) is 47.9 Å². The zero-order valence-corrected chi connectivity index (χ0v) is 16.0. The maximum Gasteiger partial charge on any atom is 0.261 e. The maximum absolute atomic E-state index is 12.4. The molecule has 4 rings (SSSR count). The van der Waals surface area contributed by atoms with Crippen molar-refractivity contribution in [3.63, 3.8) is 0 Å². The van der Waals surface area contributed by atoms with Crippen LogP contribution in [-0.2, 0) is 0 Å². The molecule has 0 fully saturated rings. The first-order valence-corrected chi connectivity index (χ1v) is 9.51. The molecule has 2 aromatic rings. The quantitative estimate of drug-likeness (QED) is 0.377. The van der Waals surface area contributed by atoms with Crippen molar-refractivity contribution < 1.29 is 19.2 Å². The fourth-order valence-electron chi connectivity index (χ4n) is 3.70. The van der Waals surface area contributed by atoms with Crippen molar-refractivity contribution in [2.75, 3.05) is 26.2 Å². The van der Waals surface area contributed by atoms with Crippen LogP contribution in [0.25, 0.3) is 0 Å². The highest BCUT2D eigenvalue weighted by molar-refractivity contribution is 6.22. The molecule has 0 saturated heterocycles. The van der Waals surface area contributed by atoms with Gasteiger partial charge >= 0.3 is 0 Å². The molecule has 0 aromatic heterocycles. The van der Waals surface area contributed by atoms with Crippen LogP contribution in [0.2, 0.25) is 0 Å². The summed E-state index contributed by atoms with van der Waals surface area (Å²) < 4.78 is 0. The minimum atomic E-state index is -0.396. The Morgan fingerprint density at radius 3 is 1.43 bits per heavy atom. The third-order valence-electron chi connectivity index (χ3n) is 5.25. The molecule has 9 nitrogen and oxygen atoms in total. The molecule has 0 radical (unpaired) electrons. The minimum absolute atomic E-state index is 0.0190. The molecule has 0 saturated carbocycles. The summed E-state index contributed by atoms with van der Waals surface area (Å²) in [6.07, 6.45) is 0.333. The number of carbonyl (C=O) groups is 4. The Balaban J connectivity index is 1.30. The van der Waals surface area contributed by atoms with E-state index in [-0.39, 0.29) is 38.0 Å². The van der Waals surface area contributed by atoms with Crippen LogP contribution in [0.5, 0.6) is 0 Å². The van der Waals surface area contributed by atoms with Crippen molar-refractivity contribution in [2.24, 2.45) is 5.29 Å². The molecule has 0 aliphatic carbocycles. The molecular formula is C21H18N4O5. The van der Waals surface area contributed by atoms with Crippen LogP contribution in [0.15, 0.2) is 53.8 Å². The minimum Gasteiger partial charge on any atom is -0.274 e. The molecule has 2 heterocycles. The monoisotopic (exact) mass is 406 g/mol. The highest BCUT2D eigenvalue weighted by Gasteiger charge is 2.36. The topological polar surface area (TPSA) is 107 Å². The Morgan fingerprint density at radius 2 is 1.03 bits per heavy atom. The van der Waals surface area contributed by atoms with Gasteiger partial charge in [-0.3, -0.25) is 34.0 Å². The Morgan fingerprint density at radius 1 is 0.633 bits per heavy atom. The number of benzene rings is 2. The average molecular weight is 406 g/mol. The summed E-state index contributed by atoms with van der Waals surface area (Å²) in [5.74, 6) is -1.50. The Kier molecular flexibility index (Phi) is 5.09. The van der Waals surface area contributed by atoms with Crippen molar-refractivity contribution in [3.8, 4) is 0 Å². The standard InChI is InChI=1S/C21H18N4O5/c26-18-14-6-1-2-7-15(14)19(27)24(18)11-5-10-23(22-30)12-13-25-20(28)16-8-3-4-9-17(16)21(25)29/h1-4,6-9H,5,10-13H2. The summed E-state index contributed by atoms with van der Waals surface area (Å²) in [6.45, 7) is 0.410. The second-order valence-electron chi connectivity index (χ2n) is 7.00. The van der Waals surface area contributed by atoms with E-state index in [0.717, 1.165) is 9.80 Å². The lowest BCUT2D eigenvalue weighted by Gasteiger charge is -2.20. The van der Waals surface area contributed by atoms with Crippen molar-refractivity contribution in [1.29, 1.82) is 0 Å². The Hall–Kier alpha value is -3.88. The summed E-state index contributed by atoms with van der Waals surface area (Å²) in [5, 5.41) is 4.12. The van der Waals surface area contributed by atoms with Gasteiger partial charge in [0.1, 0.15) is 0 Å². The average Bonchev–Trinajstić information content (AvgIpc) is 3.16. The number of nitroso groups, excluding NO2 is 1. The fraction of sp³-hybridized carbons (Fsp3) is 0.238. The van der Waals surface area contributed by atoms with E-state index in [1.54, 1.807) is 48.5 Å². The van der Waals surface area contributed by atoms with Gasteiger partial charge in [0.15, 0.2) is 0 Å². The number of rotatable bonds is 8. The van der Waals surface area contributed by atoms with Gasteiger partial charge in [-0.15, -0.1) is 4.91 Å². The number of amides is 4. The van der Waals surface area contributed by atoms with Crippen LogP contribution >= 0.6 is 0 Å². The van der Waals surface area contributed by atoms with Crippen LogP contribution in [0.3, 0.4) is 0 Å². The van der Waals surface area contributed by atoms with Gasteiger partial charge in [-0.05, 0) is 30.7 Å². The van der Waals surface area contributed by atoms with Gasteiger partial charge in [0.25, 0.3) is 23.6 Å². The first-order valence-electron chi connectivity index (χ1n) is 9.51. The predicted molar refractivity (Wildman–Crippen MR) is 106 cm³/mol. The van der Waals surface area contributed by atoms with Crippen LogP contribution in [0.4, 0.5) is 0 Å². The smallest absolute Gasteiger partial charge is 0.261 e. The third kappa shape index (κ3) is 3.24. The lowest BCUT2D eigenvalue weighted by Crippen LogP contribution is -2.38. The van der Waals surface area contributed by atoms with E-state index >= 15 is 0 Å². The Bertz CT molecular complexity index is 997. The summed E-state index contributed by atoms with van der Waals surface area (Å²) in [6, 6.07) is 13.2. The fourth-order valence-corrected chi connectivity index (χ4v) is 3.70. The molecule has 2 aliphatic heterocycles. The predicted octanol–water partition coefficient (Wildman–Crippen LogP) is 1.95. The molecule has 152 valence electrons. The van der Waals surface area contributed by atoms with E-state index in [1.807, 2.05) is 0 Å². The van der Waals surface area contributed by atoms with Gasteiger partial charge in [0, 0.05) is 19.6 Å². The molecule has 0 bridgehead atoms. The zero-order valence-electron chi connectivity index (χ0n) is 16.0. The molecule has 0 atom stereocenters. The van der Waals surface area contributed by atoms with E-state index in [4.69, 9.17) is 0 Å². The molecule has 2 aromatic carbocycles. The normalized spacial score (nSPS) is 14.9. The van der Waals surface area contributed by atoms with E-state index in [9.17, 15) is 24.1 Å². The largest absolute Gasteiger partial charge is 0.274 e. The highest BCUT2D eigenvalue weighted by atomic mass is 16.3. The summed E-state index contributed by atoms with van der Waals surface area (Å²) in [7, 11) is 0.